The number of thioether (sulfide) groups is 1. The smallest absolute Gasteiger partial charge is 0.268 e. The number of imide groups is 1. The summed E-state index contributed by atoms with van der Waals surface area (Å²) >= 11 is 0.283. The van der Waals surface area contributed by atoms with Crippen LogP contribution in [-0.4, -0.2) is 23.7 Å². The van der Waals surface area contributed by atoms with Crippen molar-refractivity contribution in [3.05, 3.63) is 58.9 Å². The number of benzene rings is 2. The number of hydrogen-bond donors (Lipinski definition) is 0. The quantitative estimate of drug-likeness (QED) is 0.456. The normalized spacial score (nSPS) is 13.7. The molecule has 132 valence electrons. The molecular weight excluding hydrogens is 372 g/mol. The number of hydrogen-bond acceptors (Lipinski definition) is 4. The predicted octanol–water partition coefficient (Wildman–Crippen LogP) is 4.15. The average Bonchev–Trinajstić information content (AvgIpc) is 2.84. The van der Waals surface area contributed by atoms with E-state index in [1.165, 1.54) is 24.3 Å². The molecule has 0 N–H and O–H groups in total. The number of nitrogens with zero attached hydrogens (tertiary/aromatic N) is 2. The topological polar surface area (TPSA) is 61.2 Å². The van der Waals surface area contributed by atoms with Gasteiger partial charge in [0.2, 0.25) is 0 Å². The molecule has 0 aliphatic carbocycles. The Bertz CT molecular complexity index is 931. The molecule has 1 aliphatic heterocycles. The Morgan fingerprint density at radius 2 is 1.65 bits per heavy atom. The van der Waals surface area contributed by atoms with Crippen molar-refractivity contribution >= 4 is 29.3 Å². The fourth-order valence-electron chi connectivity index (χ4n) is 2.49. The van der Waals surface area contributed by atoms with Gasteiger partial charge in [0.25, 0.3) is 11.8 Å². The number of halogens is 4. The fourth-order valence-corrected chi connectivity index (χ4v) is 3.26. The molecule has 0 unspecified atom stereocenters. The van der Waals surface area contributed by atoms with Gasteiger partial charge in [-0.05, 0) is 24.3 Å². The van der Waals surface area contributed by atoms with Crippen molar-refractivity contribution in [2.75, 3.05) is 10.7 Å². The van der Waals surface area contributed by atoms with Gasteiger partial charge >= 0.3 is 6.18 Å². The molecule has 2 aromatic rings. The first-order valence-electron chi connectivity index (χ1n) is 7.14. The van der Waals surface area contributed by atoms with Crippen molar-refractivity contribution in [3.8, 4) is 6.07 Å². The number of fused-ring (bicyclic) bond motifs is 1. The maximum absolute atomic E-state index is 14.4. The van der Waals surface area contributed by atoms with E-state index in [-0.39, 0.29) is 33.3 Å². The van der Waals surface area contributed by atoms with Crippen LogP contribution in [0.1, 0.15) is 26.3 Å². The Balaban J connectivity index is 2.05. The van der Waals surface area contributed by atoms with Crippen molar-refractivity contribution in [1.82, 2.24) is 0 Å². The second kappa shape index (κ2) is 6.46. The van der Waals surface area contributed by atoms with Gasteiger partial charge in [0.1, 0.15) is 11.9 Å². The van der Waals surface area contributed by atoms with Crippen LogP contribution in [-0.2, 0) is 0 Å². The second-order valence-corrected chi connectivity index (χ2v) is 6.32. The summed E-state index contributed by atoms with van der Waals surface area (Å²) in [5.41, 5.74) is -0.645. The number of alkyl halides is 3. The van der Waals surface area contributed by atoms with E-state index in [1.54, 1.807) is 6.07 Å². The zero-order chi connectivity index (χ0) is 19.1. The Morgan fingerprint density at radius 3 is 2.15 bits per heavy atom. The molecule has 0 fully saturated rings. The van der Waals surface area contributed by atoms with Crippen LogP contribution in [0.2, 0.25) is 0 Å². The molecule has 0 aromatic heterocycles. The highest BCUT2D eigenvalue weighted by atomic mass is 32.2. The molecule has 0 atom stereocenters. The van der Waals surface area contributed by atoms with Crippen molar-refractivity contribution < 1.29 is 27.2 Å². The third-order valence-corrected chi connectivity index (χ3v) is 4.72. The molecule has 2 amide bonds. The SMILES string of the molecule is N#Cc1cc(F)c(N2C(=O)c3ccccc3C2=O)cc1SCC(F)(F)F. The number of carbonyl (C=O) groups excluding carboxylic acids is 2. The highest BCUT2D eigenvalue weighted by molar-refractivity contribution is 7.99. The molecular formula is C17H8F4N2O2S. The highest BCUT2D eigenvalue weighted by Crippen LogP contribution is 2.36. The van der Waals surface area contributed by atoms with E-state index in [4.69, 9.17) is 5.26 Å². The van der Waals surface area contributed by atoms with E-state index in [0.29, 0.717) is 4.90 Å². The third-order valence-electron chi connectivity index (χ3n) is 3.60. The molecule has 0 bridgehead atoms. The minimum atomic E-state index is -4.50. The van der Waals surface area contributed by atoms with Gasteiger partial charge in [-0.2, -0.15) is 18.4 Å². The van der Waals surface area contributed by atoms with Crippen molar-refractivity contribution in [1.29, 1.82) is 5.26 Å². The van der Waals surface area contributed by atoms with Crippen molar-refractivity contribution in [3.63, 3.8) is 0 Å². The lowest BCUT2D eigenvalue weighted by Crippen LogP contribution is -2.30. The number of carbonyl (C=O) groups is 2. The van der Waals surface area contributed by atoms with Crippen LogP contribution in [0.3, 0.4) is 0 Å². The molecule has 0 radical (unpaired) electrons. The molecule has 1 heterocycles. The van der Waals surface area contributed by atoms with Crippen molar-refractivity contribution in [2.24, 2.45) is 0 Å². The van der Waals surface area contributed by atoms with Crippen LogP contribution in [0.5, 0.6) is 0 Å². The van der Waals surface area contributed by atoms with E-state index in [2.05, 4.69) is 0 Å². The Kier molecular flexibility index (Phi) is 4.46. The van der Waals surface area contributed by atoms with Gasteiger partial charge in [-0.25, -0.2) is 9.29 Å². The highest BCUT2D eigenvalue weighted by Gasteiger charge is 2.38. The first-order chi connectivity index (χ1) is 12.2. The van der Waals surface area contributed by atoms with Gasteiger partial charge in [0, 0.05) is 4.90 Å². The van der Waals surface area contributed by atoms with Crippen LogP contribution >= 0.6 is 11.8 Å². The molecule has 0 saturated heterocycles. The summed E-state index contributed by atoms with van der Waals surface area (Å²) < 4.78 is 51.8. The third kappa shape index (κ3) is 3.15. The summed E-state index contributed by atoms with van der Waals surface area (Å²) in [7, 11) is 0. The molecule has 4 nitrogen and oxygen atoms in total. The Hall–Kier alpha value is -2.86. The van der Waals surface area contributed by atoms with Crippen LogP contribution in [0, 0.1) is 17.1 Å². The predicted molar refractivity (Wildman–Crippen MR) is 85.5 cm³/mol. The van der Waals surface area contributed by atoms with E-state index >= 15 is 0 Å². The summed E-state index contributed by atoms with van der Waals surface area (Å²) in [5.74, 6) is -3.90. The summed E-state index contributed by atoms with van der Waals surface area (Å²) in [5, 5.41) is 9.02. The van der Waals surface area contributed by atoms with E-state index < -0.39 is 35.2 Å². The largest absolute Gasteiger partial charge is 0.398 e. The molecule has 2 aromatic carbocycles. The molecule has 26 heavy (non-hydrogen) atoms. The van der Waals surface area contributed by atoms with Gasteiger partial charge in [-0.1, -0.05) is 12.1 Å². The zero-order valence-corrected chi connectivity index (χ0v) is 13.6. The zero-order valence-electron chi connectivity index (χ0n) is 12.8. The first kappa shape index (κ1) is 17.9. The van der Waals surface area contributed by atoms with Crippen molar-refractivity contribution in [2.45, 2.75) is 11.1 Å². The maximum atomic E-state index is 14.4. The second-order valence-electron chi connectivity index (χ2n) is 5.31. The van der Waals surface area contributed by atoms with Gasteiger partial charge < -0.3 is 0 Å². The van der Waals surface area contributed by atoms with Crippen LogP contribution in [0.4, 0.5) is 23.2 Å². The number of amides is 2. The lowest BCUT2D eigenvalue weighted by molar-refractivity contribution is -0.105. The summed E-state index contributed by atoms with van der Waals surface area (Å²) in [4.78, 5) is 25.3. The summed E-state index contributed by atoms with van der Waals surface area (Å²) in [6.45, 7) is 0. The molecule has 3 rings (SSSR count). The number of nitriles is 1. The van der Waals surface area contributed by atoms with E-state index in [0.717, 1.165) is 12.1 Å². The first-order valence-corrected chi connectivity index (χ1v) is 8.12. The van der Waals surface area contributed by atoms with E-state index in [1.807, 2.05) is 0 Å². The van der Waals surface area contributed by atoms with Gasteiger partial charge in [0.15, 0.2) is 0 Å². The molecule has 0 saturated carbocycles. The minimum Gasteiger partial charge on any atom is -0.268 e. The lowest BCUT2D eigenvalue weighted by atomic mass is 10.1. The Morgan fingerprint density at radius 1 is 1.08 bits per heavy atom. The van der Waals surface area contributed by atoms with Gasteiger partial charge in [0.05, 0.1) is 28.1 Å². The number of rotatable bonds is 3. The van der Waals surface area contributed by atoms with Gasteiger partial charge in [-0.3, -0.25) is 9.59 Å². The van der Waals surface area contributed by atoms with Crippen LogP contribution < -0.4 is 4.90 Å². The van der Waals surface area contributed by atoms with Crippen LogP contribution in [0.25, 0.3) is 0 Å². The van der Waals surface area contributed by atoms with Gasteiger partial charge in [-0.15, -0.1) is 11.8 Å². The monoisotopic (exact) mass is 380 g/mol. The Labute approximate surface area is 149 Å². The molecule has 1 aliphatic rings. The number of anilines is 1. The van der Waals surface area contributed by atoms with Crippen LogP contribution in [0.15, 0.2) is 41.3 Å². The maximum Gasteiger partial charge on any atom is 0.398 e. The fraction of sp³-hybridized carbons (Fsp3) is 0.118. The summed E-state index contributed by atoms with van der Waals surface area (Å²) in [6.07, 6.45) is -4.50. The van der Waals surface area contributed by atoms with E-state index in [9.17, 15) is 27.2 Å². The summed E-state index contributed by atoms with van der Waals surface area (Å²) in [6, 6.07) is 9.12. The average molecular weight is 380 g/mol. The lowest BCUT2D eigenvalue weighted by Gasteiger charge is -2.17. The minimum absolute atomic E-state index is 0.0748. The molecule has 0 spiro atoms. The standard InChI is InChI=1S/C17H8F4N2O2S/c18-12-5-9(7-22)14(26-8-17(19,20)21)6-13(12)23-15(24)10-3-1-2-4-11(10)16(23)25/h1-6H,8H2. The molecule has 9 heteroatoms.